The number of hydrogen-bond acceptors (Lipinski definition) is 3. The maximum Gasteiger partial charge on any atom is 0.220 e. The normalized spacial score (nSPS) is 24.5. The highest BCUT2D eigenvalue weighted by molar-refractivity contribution is 5.80. The summed E-state index contributed by atoms with van der Waals surface area (Å²) in [4.78, 5) is 20.7. The first-order chi connectivity index (χ1) is 12.6. The number of carbonyl (C=O) groups is 1. The lowest BCUT2D eigenvalue weighted by Crippen LogP contribution is -2.41. The summed E-state index contributed by atoms with van der Waals surface area (Å²) in [5.41, 5.74) is 5.99. The lowest BCUT2D eigenvalue weighted by Gasteiger charge is -2.30. The summed E-state index contributed by atoms with van der Waals surface area (Å²) in [5.74, 6) is 1.07. The fourth-order valence-electron chi connectivity index (χ4n) is 5.08. The van der Waals surface area contributed by atoms with Crippen molar-refractivity contribution >= 4 is 11.9 Å². The number of rotatable bonds is 6. The molecule has 2 saturated heterocycles. The van der Waals surface area contributed by atoms with E-state index in [1.54, 1.807) is 0 Å². The van der Waals surface area contributed by atoms with E-state index in [2.05, 4.69) is 20.1 Å². The van der Waals surface area contributed by atoms with Gasteiger partial charge in [0, 0.05) is 32.6 Å². The number of aliphatic imine (C=N–C) groups is 1. The van der Waals surface area contributed by atoms with Crippen LogP contribution in [0.1, 0.15) is 57.8 Å². The number of piperidine rings is 1. The summed E-state index contributed by atoms with van der Waals surface area (Å²) >= 11 is 0. The second kappa shape index (κ2) is 9.07. The molecule has 1 spiro atoms. The molecule has 3 rings (SSSR count). The van der Waals surface area contributed by atoms with E-state index in [1.165, 1.54) is 45.1 Å². The predicted octanol–water partition coefficient (Wildman–Crippen LogP) is 1.81. The van der Waals surface area contributed by atoms with E-state index < -0.39 is 0 Å². The molecule has 3 aliphatic rings. The molecule has 148 valence electrons. The minimum absolute atomic E-state index is 0.0971. The molecule has 0 aromatic carbocycles. The number of nitrogens with one attached hydrogen (secondary N) is 1. The zero-order valence-corrected chi connectivity index (χ0v) is 16.5. The summed E-state index contributed by atoms with van der Waals surface area (Å²) in [6, 6.07) is 0. The van der Waals surface area contributed by atoms with E-state index in [1.807, 2.05) is 7.05 Å². The van der Waals surface area contributed by atoms with Crippen LogP contribution in [0.4, 0.5) is 0 Å². The SMILES string of the molecule is CN=C(NCCCCN1CCC(C(N)=O)CC1)N1CCC2(CCCC2)C1. The summed E-state index contributed by atoms with van der Waals surface area (Å²) in [5, 5.41) is 3.57. The zero-order valence-electron chi connectivity index (χ0n) is 16.5. The molecular weight excluding hydrogens is 326 g/mol. The lowest BCUT2D eigenvalue weighted by molar-refractivity contribution is -0.123. The Morgan fingerprint density at radius 1 is 1.15 bits per heavy atom. The molecular formula is C20H37N5O. The Labute approximate surface area is 158 Å². The van der Waals surface area contributed by atoms with E-state index in [0.29, 0.717) is 5.41 Å². The number of carbonyl (C=O) groups excluding carboxylic acids is 1. The van der Waals surface area contributed by atoms with Gasteiger partial charge in [0.05, 0.1) is 0 Å². The molecule has 1 amide bonds. The van der Waals surface area contributed by atoms with Crippen LogP contribution in [-0.2, 0) is 4.79 Å². The standard InChI is InChI=1S/C20H37N5O/c1-22-19(25-15-10-20(16-25)8-2-3-9-20)23-11-4-5-12-24-13-6-17(7-14-24)18(21)26/h17H,2-16H2,1H3,(H2,21,26)(H,22,23). The molecule has 1 saturated carbocycles. The molecule has 0 radical (unpaired) electrons. The second-order valence-corrected chi connectivity index (χ2v) is 8.58. The van der Waals surface area contributed by atoms with Crippen molar-refractivity contribution in [2.45, 2.75) is 57.8 Å². The van der Waals surface area contributed by atoms with Gasteiger partial charge in [-0.15, -0.1) is 0 Å². The van der Waals surface area contributed by atoms with Crippen molar-refractivity contribution in [2.24, 2.45) is 22.1 Å². The number of nitrogens with zero attached hydrogens (tertiary/aromatic N) is 3. The van der Waals surface area contributed by atoms with Crippen molar-refractivity contribution in [2.75, 3.05) is 46.3 Å². The molecule has 26 heavy (non-hydrogen) atoms. The van der Waals surface area contributed by atoms with Crippen LogP contribution in [0.2, 0.25) is 0 Å². The van der Waals surface area contributed by atoms with Crippen LogP contribution in [0.3, 0.4) is 0 Å². The third-order valence-corrected chi connectivity index (χ3v) is 6.79. The van der Waals surface area contributed by atoms with E-state index in [0.717, 1.165) is 57.9 Å². The molecule has 2 aliphatic heterocycles. The van der Waals surface area contributed by atoms with Crippen LogP contribution in [0, 0.1) is 11.3 Å². The van der Waals surface area contributed by atoms with E-state index in [-0.39, 0.29) is 11.8 Å². The molecule has 0 unspecified atom stereocenters. The Kier molecular flexibility index (Phi) is 6.79. The molecule has 0 aromatic heterocycles. The van der Waals surface area contributed by atoms with Gasteiger partial charge in [0.25, 0.3) is 0 Å². The molecule has 6 nitrogen and oxygen atoms in total. The van der Waals surface area contributed by atoms with Crippen molar-refractivity contribution in [3.63, 3.8) is 0 Å². The largest absolute Gasteiger partial charge is 0.369 e. The molecule has 3 fully saturated rings. The second-order valence-electron chi connectivity index (χ2n) is 8.58. The first-order valence-corrected chi connectivity index (χ1v) is 10.6. The van der Waals surface area contributed by atoms with Crippen molar-refractivity contribution in [1.82, 2.24) is 15.1 Å². The molecule has 6 heteroatoms. The fraction of sp³-hybridized carbons (Fsp3) is 0.900. The maximum absolute atomic E-state index is 11.2. The maximum atomic E-state index is 11.2. The number of nitrogens with two attached hydrogens (primary N) is 1. The number of likely N-dealkylation sites (tertiary alicyclic amines) is 2. The predicted molar refractivity (Wildman–Crippen MR) is 106 cm³/mol. The van der Waals surface area contributed by atoms with Gasteiger partial charge in [0.2, 0.25) is 5.91 Å². The van der Waals surface area contributed by atoms with Crippen LogP contribution >= 0.6 is 0 Å². The van der Waals surface area contributed by atoms with Gasteiger partial charge in [-0.05, 0) is 70.0 Å². The van der Waals surface area contributed by atoms with Crippen molar-refractivity contribution in [1.29, 1.82) is 0 Å². The highest BCUT2D eigenvalue weighted by atomic mass is 16.1. The third-order valence-electron chi connectivity index (χ3n) is 6.79. The van der Waals surface area contributed by atoms with Crippen LogP contribution in [0.15, 0.2) is 4.99 Å². The van der Waals surface area contributed by atoms with Gasteiger partial charge in [-0.3, -0.25) is 9.79 Å². The van der Waals surface area contributed by atoms with Gasteiger partial charge in [-0.1, -0.05) is 12.8 Å². The summed E-state index contributed by atoms with van der Waals surface area (Å²) in [7, 11) is 1.91. The number of hydrogen-bond donors (Lipinski definition) is 2. The zero-order chi connectivity index (χ0) is 18.4. The van der Waals surface area contributed by atoms with Gasteiger partial charge < -0.3 is 20.9 Å². The van der Waals surface area contributed by atoms with Crippen molar-refractivity contribution in [3.8, 4) is 0 Å². The Morgan fingerprint density at radius 3 is 2.54 bits per heavy atom. The van der Waals surface area contributed by atoms with Crippen LogP contribution in [0.25, 0.3) is 0 Å². The van der Waals surface area contributed by atoms with Gasteiger partial charge in [0.15, 0.2) is 5.96 Å². The van der Waals surface area contributed by atoms with Crippen LogP contribution < -0.4 is 11.1 Å². The van der Waals surface area contributed by atoms with Crippen LogP contribution in [-0.4, -0.2) is 68.0 Å². The summed E-state index contributed by atoms with van der Waals surface area (Å²) in [6.45, 7) is 6.50. The molecule has 0 atom stereocenters. The third kappa shape index (κ3) is 4.90. The summed E-state index contributed by atoms with van der Waals surface area (Å²) < 4.78 is 0. The molecule has 0 aromatic rings. The van der Waals surface area contributed by atoms with Crippen molar-refractivity contribution < 1.29 is 4.79 Å². The number of primary amides is 1. The smallest absolute Gasteiger partial charge is 0.220 e. The van der Waals surface area contributed by atoms with Gasteiger partial charge >= 0.3 is 0 Å². The average molecular weight is 364 g/mol. The Morgan fingerprint density at radius 2 is 1.88 bits per heavy atom. The molecule has 2 heterocycles. The topological polar surface area (TPSA) is 74.0 Å². The average Bonchev–Trinajstić information content (AvgIpc) is 3.28. The minimum atomic E-state index is -0.124. The monoisotopic (exact) mass is 363 g/mol. The highest BCUT2D eigenvalue weighted by Gasteiger charge is 2.41. The summed E-state index contributed by atoms with van der Waals surface area (Å²) in [6.07, 6.45) is 11.2. The highest BCUT2D eigenvalue weighted by Crippen LogP contribution is 2.45. The fourth-order valence-corrected chi connectivity index (χ4v) is 5.08. The Balaban J connectivity index is 1.29. The molecule has 3 N–H and O–H groups in total. The number of unbranched alkanes of at least 4 members (excludes halogenated alkanes) is 1. The van der Waals surface area contributed by atoms with Gasteiger partial charge in [-0.25, -0.2) is 0 Å². The quantitative estimate of drug-likeness (QED) is 0.429. The first kappa shape index (κ1) is 19.5. The van der Waals surface area contributed by atoms with Gasteiger partial charge in [0.1, 0.15) is 0 Å². The lowest BCUT2D eigenvalue weighted by atomic mass is 9.86. The van der Waals surface area contributed by atoms with Crippen LogP contribution in [0.5, 0.6) is 0 Å². The molecule has 1 aliphatic carbocycles. The Hall–Kier alpha value is -1.30. The number of amides is 1. The number of guanidine groups is 1. The van der Waals surface area contributed by atoms with Crippen molar-refractivity contribution in [3.05, 3.63) is 0 Å². The minimum Gasteiger partial charge on any atom is -0.369 e. The first-order valence-electron chi connectivity index (χ1n) is 10.6. The van der Waals surface area contributed by atoms with E-state index in [4.69, 9.17) is 5.73 Å². The van der Waals surface area contributed by atoms with Gasteiger partial charge in [-0.2, -0.15) is 0 Å². The van der Waals surface area contributed by atoms with E-state index >= 15 is 0 Å². The Bertz CT molecular complexity index is 492. The molecule has 0 bridgehead atoms. The van der Waals surface area contributed by atoms with E-state index in [9.17, 15) is 4.79 Å².